The number of phenols is 1. The number of phenolic OH excluding ortho intramolecular Hbond substituents is 1. The molecule has 0 amide bonds. The molecule has 1 heterocycles. The van der Waals surface area contributed by atoms with Crippen LogP contribution in [0.15, 0.2) is 23.8 Å². The van der Waals surface area contributed by atoms with Gasteiger partial charge < -0.3 is 14.9 Å². The van der Waals surface area contributed by atoms with Gasteiger partial charge in [-0.1, -0.05) is 31.4 Å². The lowest BCUT2D eigenvalue weighted by Gasteiger charge is -2.48. The SMILES string of the molecule is CCCCCc1cc(O)c2c(c1)OC(C)(C)C1C2C=C(C)C[C@@H]1O. The zero-order valence-electron chi connectivity index (χ0n) is 15.3. The van der Waals surface area contributed by atoms with Crippen LogP contribution in [-0.2, 0) is 6.42 Å². The predicted octanol–water partition coefficient (Wildman–Crippen LogP) is 4.71. The molecule has 0 fully saturated rings. The summed E-state index contributed by atoms with van der Waals surface area (Å²) in [5.41, 5.74) is 2.70. The molecule has 1 aliphatic carbocycles. The second kappa shape index (κ2) is 6.44. The summed E-state index contributed by atoms with van der Waals surface area (Å²) >= 11 is 0. The highest BCUT2D eigenvalue weighted by atomic mass is 16.5. The summed E-state index contributed by atoms with van der Waals surface area (Å²) in [4.78, 5) is 0. The molecule has 0 spiro atoms. The van der Waals surface area contributed by atoms with E-state index in [-0.39, 0.29) is 11.8 Å². The van der Waals surface area contributed by atoms with Crippen molar-refractivity contribution in [1.29, 1.82) is 0 Å². The van der Waals surface area contributed by atoms with Gasteiger partial charge in [-0.15, -0.1) is 0 Å². The van der Waals surface area contributed by atoms with Crippen LogP contribution in [0.2, 0.25) is 0 Å². The highest BCUT2D eigenvalue weighted by Gasteiger charge is 2.49. The highest BCUT2D eigenvalue weighted by molar-refractivity contribution is 5.54. The molecule has 2 aliphatic rings. The third-order valence-corrected chi connectivity index (χ3v) is 5.55. The van der Waals surface area contributed by atoms with Crippen molar-refractivity contribution in [3.63, 3.8) is 0 Å². The number of aryl methyl sites for hydroxylation is 1. The molecule has 3 rings (SSSR count). The van der Waals surface area contributed by atoms with E-state index in [4.69, 9.17) is 4.74 Å². The maximum absolute atomic E-state index is 10.7. The van der Waals surface area contributed by atoms with Crippen LogP contribution in [0.25, 0.3) is 0 Å². The molecule has 0 saturated heterocycles. The predicted molar refractivity (Wildman–Crippen MR) is 96.7 cm³/mol. The van der Waals surface area contributed by atoms with Crippen LogP contribution in [-0.4, -0.2) is 21.9 Å². The highest BCUT2D eigenvalue weighted by Crippen LogP contribution is 2.53. The first-order valence-electron chi connectivity index (χ1n) is 9.23. The quantitative estimate of drug-likeness (QED) is 0.621. The van der Waals surface area contributed by atoms with Crippen molar-refractivity contribution in [2.45, 2.75) is 77.4 Å². The lowest BCUT2D eigenvalue weighted by Crippen LogP contribution is -2.51. The van der Waals surface area contributed by atoms with Crippen LogP contribution in [0.4, 0.5) is 0 Å². The van der Waals surface area contributed by atoms with E-state index < -0.39 is 11.7 Å². The van der Waals surface area contributed by atoms with Crippen LogP contribution >= 0.6 is 0 Å². The van der Waals surface area contributed by atoms with E-state index >= 15 is 0 Å². The Hall–Kier alpha value is -1.48. The molecule has 1 aliphatic heterocycles. The molecule has 2 N–H and O–H groups in total. The summed E-state index contributed by atoms with van der Waals surface area (Å²) in [6.07, 6.45) is 6.92. The van der Waals surface area contributed by atoms with Crippen LogP contribution in [0.3, 0.4) is 0 Å². The standard InChI is InChI=1S/C21H30O3/c1-5-6-7-8-14-11-16(22)19-15-9-13(2)10-17(23)20(15)21(3,4)24-18(19)12-14/h9,11-12,15,17,20,22-23H,5-8,10H2,1-4H3/t15?,17-,20?/m0/s1. The zero-order chi connectivity index (χ0) is 17.5. The monoisotopic (exact) mass is 330 g/mol. The Kier molecular flexibility index (Phi) is 4.65. The fourth-order valence-corrected chi connectivity index (χ4v) is 4.49. The van der Waals surface area contributed by atoms with Crippen molar-refractivity contribution in [2.75, 3.05) is 0 Å². The smallest absolute Gasteiger partial charge is 0.127 e. The molecule has 0 saturated carbocycles. The van der Waals surface area contributed by atoms with Gasteiger partial charge in [0.25, 0.3) is 0 Å². The second-order valence-electron chi connectivity index (χ2n) is 8.03. The molecular weight excluding hydrogens is 300 g/mol. The number of hydrogen-bond donors (Lipinski definition) is 2. The van der Waals surface area contributed by atoms with Crippen molar-refractivity contribution >= 4 is 0 Å². The molecule has 24 heavy (non-hydrogen) atoms. The van der Waals surface area contributed by atoms with Gasteiger partial charge in [0.2, 0.25) is 0 Å². The van der Waals surface area contributed by atoms with Crippen molar-refractivity contribution in [1.82, 2.24) is 0 Å². The average molecular weight is 330 g/mol. The summed E-state index contributed by atoms with van der Waals surface area (Å²) in [6, 6.07) is 3.98. The van der Waals surface area contributed by atoms with Crippen molar-refractivity contribution < 1.29 is 14.9 Å². The minimum Gasteiger partial charge on any atom is -0.507 e. The molecule has 1 aromatic carbocycles. The number of ether oxygens (including phenoxy) is 1. The second-order valence-corrected chi connectivity index (χ2v) is 8.03. The number of allylic oxidation sites excluding steroid dienone is 1. The van der Waals surface area contributed by atoms with Gasteiger partial charge in [-0.05, 0) is 57.7 Å². The van der Waals surface area contributed by atoms with Gasteiger partial charge in [0, 0.05) is 17.4 Å². The Morgan fingerprint density at radius 2 is 2.00 bits per heavy atom. The number of hydrogen-bond acceptors (Lipinski definition) is 3. The summed E-state index contributed by atoms with van der Waals surface area (Å²) < 4.78 is 6.27. The van der Waals surface area contributed by atoms with Gasteiger partial charge in [0.1, 0.15) is 17.1 Å². The van der Waals surface area contributed by atoms with Crippen molar-refractivity contribution in [3.8, 4) is 11.5 Å². The van der Waals surface area contributed by atoms with Crippen LogP contribution < -0.4 is 4.74 Å². The minimum absolute atomic E-state index is 0.0113. The van der Waals surface area contributed by atoms with E-state index in [0.717, 1.165) is 29.7 Å². The fourth-order valence-electron chi connectivity index (χ4n) is 4.49. The first kappa shape index (κ1) is 17.3. The molecule has 2 unspecified atom stereocenters. The van der Waals surface area contributed by atoms with Crippen molar-refractivity contribution in [2.24, 2.45) is 5.92 Å². The van der Waals surface area contributed by atoms with Gasteiger partial charge in [0.05, 0.1) is 6.10 Å². The first-order chi connectivity index (χ1) is 11.3. The van der Waals surface area contributed by atoms with Gasteiger partial charge in [-0.3, -0.25) is 0 Å². The van der Waals surface area contributed by atoms with E-state index in [1.807, 2.05) is 19.9 Å². The van der Waals surface area contributed by atoms with Gasteiger partial charge in [-0.2, -0.15) is 0 Å². The molecule has 3 nitrogen and oxygen atoms in total. The Labute approximate surface area is 145 Å². The summed E-state index contributed by atoms with van der Waals surface area (Å²) in [6.45, 7) is 8.34. The fraction of sp³-hybridized carbons (Fsp3) is 0.619. The third kappa shape index (κ3) is 3.06. The van der Waals surface area contributed by atoms with E-state index in [0.29, 0.717) is 12.2 Å². The summed E-state index contributed by atoms with van der Waals surface area (Å²) in [5, 5.41) is 21.3. The Balaban J connectivity index is 2.02. The number of unbranched alkanes of at least 4 members (excludes halogenated alkanes) is 2. The maximum atomic E-state index is 10.7. The van der Waals surface area contributed by atoms with Gasteiger partial charge in [-0.25, -0.2) is 0 Å². The Morgan fingerprint density at radius 1 is 1.25 bits per heavy atom. The Morgan fingerprint density at radius 3 is 2.71 bits per heavy atom. The lowest BCUT2D eigenvalue weighted by atomic mass is 9.66. The number of aliphatic hydroxyl groups is 1. The average Bonchev–Trinajstić information content (AvgIpc) is 2.44. The topological polar surface area (TPSA) is 49.7 Å². The molecule has 0 bridgehead atoms. The number of benzene rings is 1. The van der Waals surface area contributed by atoms with E-state index in [1.54, 1.807) is 0 Å². The van der Waals surface area contributed by atoms with E-state index in [2.05, 4.69) is 26.0 Å². The van der Waals surface area contributed by atoms with Gasteiger partial charge in [0.15, 0.2) is 0 Å². The third-order valence-electron chi connectivity index (χ3n) is 5.55. The first-order valence-corrected chi connectivity index (χ1v) is 9.23. The molecule has 3 atom stereocenters. The molecular formula is C21H30O3. The molecule has 0 radical (unpaired) electrons. The van der Waals surface area contributed by atoms with Crippen LogP contribution in [0.5, 0.6) is 11.5 Å². The normalized spacial score (nSPS) is 27.7. The van der Waals surface area contributed by atoms with Crippen LogP contribution in [0, 0.1) is 5.92 Å². The van der Waals surface area contributed by atoms with Crippen LogP contribution in [0.1, 0.15) is 70.4 Å². The number of aliphatic hydroxyl groups excluding tert-OH is 1. The van der Waals surface area contributed by atoms with E-state index in [1.165, 1.54) is 18.4 Å². The lowest BCUT2D eigenvalue weighted by molar-refractivity contribution is -0.0534. The largest absolute Gasteiger partial charge is 0.507 e. The van der Waals surface area contributed by atoms with Crippen molar-refractivity contribution in [3.05, 3.63) is 34.9 Å². The zero-order valence-corrected chi connectivity index (χ0v) is 15.3. The maximum Gasteiger partial charge on any atom is 0.127 e. The molecule has 0 aromatic heterocycles. The number of aromatic hydroxyl groups is 1. The molecule has 132 valence electrons. The molecule has 1 aromatic rings. The van der Waals surface area contributed by atoms with Gasteiger partial charge >= 0.3 is 0 Å². The summed E-state index contributed by atoms with van der Waals surface area (Å²) in [7, 11) is 0. The summed E-state index contributed by atoms with van der Waals surface area (Å²) in [5.74, 6) is 1.07. The number of fused-ring (bicyclic) bond motifs is 3. The minimum atomic E-state index is -0.456. The Bertz CT molecular complexity index is 645. The number of rotatable bonds is 4. The van der Waals surface area contributed by atoms with E-state index in [9.17, 15) is 10.2 Å². The molecule has 3 heteroatoms.